The molecule has 2 saturated heterocycles. The fourth-order valence-electron chi connectivity index (χ4n) is 2.75. The number of nitrogens with zero attached hydrogens (tertiary/aromatic N) is 3. The van der Waals surface area contributed by atoms with E-state index in [9.17, 15) is 0 Å². The fourth-order valence-corrected chi connectivity index (χ4v) is 2.75. The topological polar surface area (TPSA) is 54.1 Å². The molecular weight excluding hydrogens is 240 g/mol. The summed E-state index contributed by atoms with van der Waals surface area (Å²) >= 11 is 0. The zero-order valence-electron chi connectivity index (χ0n) is 12.2. The molecule has 0 radical (unpaired) electrons. The highest BCUT2D eigenvalue weighted by Crippen LogP contribution is 2.09. The summed E-state index contributed by atoms with van der Waals surface area (Å²) < 4.78 is 5.36. The minimum atomic E-state index is 0.557. The molecule has 0 amide bonds. The van der Waals surface area contributed by atoms with Crippen molar-refractivity contribution in [1.82, 2.24) is 9.80 Å². The zero-order valence-corrected chi connectivity index (χ0v) is 12.2. The van der Waals surface area contributed by atoms with E-state index in [-0.39, 0.29) is 0 Å². The lowest BCUT2D eigenvalue weighted by atomic mass is 10.1. The number of rotatable bonds is 4. The molecule has 1 unspecified atom stereocenters. The first-order chi connectivity index (χ1) is 9.25. The van der Waals surface area contributed by atoms with E-state index < -0.39 is 0 Å². The van der Waals surface area contributed by atoms with Crippen molar-refractivity contribution in [2.24, 2.45) is 16.6 Å². The molecule has 2 heterocycles. The van der Waals surface area contributed by atoms with Crippen LogP contribution in [0.5, 0.6) is 0 Å². The molecule has 0 bridgehead atoms. The van der Waals surface area contributed by atoms with E-state index >= 15 is 0 Å². The first-order valence-corrected chi connectivity index (χ1v) is 7.60. The summed E-state index contributed by atoms with van der Waals surface area (Å²) in [6.07, 6.45) is 3.83. The SMILES string of the molecule is CC(CN=C(N)N1CCCCC1)CN1CCOCC1. The van der Waals surface area contributed by atoms with Crippen LogP contribution in [0, 0.1) is 5.92 Å². The second-order valence-corrected chi connectivity index (χ2v) is 5.76. The summed E-state index contributed by atoms with van der Waals surface area (Å²) in [7, 11) is 0. The number of ether oxygens (including phenoxy) is 1. The van der Waals surface area contributed by atoms with E-state index in [0.717, 1.165) is 58.4 Å². The molecule has 0 aromatic rings. The van der Waals surface area contributed by atoms with Gasteiger partial charge < -0.3 is 15.4 Å². The van der Waals surface area contributed by atoms with Gasteiger partial charge in [0.1, 0.15) is 0 Å². The van der Waals surface area contributed by atoms with E-state index in [0.29, 0.717) is 5.92 Å². The van der Waals surface area contributed by atoms with Crippen molar-refractivity contribution in [2.45, 2.75) is 26.2 Å². The monoisotopic (exact) mass is 268 g/mol. The lowest BCUT2D eigenvalue weighted by Gasteiger charge is -2.29. The predicted molar refractivity (Wildman–Crippen MR) is 78.3 cm³/mol. The van der Waals surface area contributed by atoms with Crippen LogP contribution >= 0.6 is 0 Å². The van der Waals surface area contributed by atoms with Gasteiger partial charge in [0.25, 0.3) is 0 Å². The molecule has 5 nitrogen and oxygen atoms in total. The maximum Gasteiger partial charge on any atom is 0.191 e. The second-order valence-electron chi connectivity index (χ2n) is 5.76. The summed E-state index contributed by atoms with van der Waals surface area (Å²) in [4.78, 5) is 9.26. The Morgan fingerprint density at radius 2 is 1.84 bits per heavy atom. The molecule has 0 saturated carbocycles. The maximum absolute atomic E-state index is 6.07. The first-order valence-electron chi connectivity index (χ1n) is 7.60. The fraction of sp³-hybridized carbons (Fsp3) is 0.929. The summed E-state index contributed by atoms with van der Waals surface area (Å²) in [5.41, 5.74) is 6.07. The number of hydrogen-bond acceptors (Lipinski definition) is 3. The molecule has 5 heteroatoms. The molecule has 0 spiro atoms. The van der Waals surface area contributed by atoms with E-state index in [1.54, 1.807) is 0 Å². The van der Waals surface area contributed by atoms with E-state index in [4.69, 9.17) is 10.5 Å². The highest BCUT2D eigenvalue weighted by Gasteiger charge is 2.15. The van der Waals surface area contributed by atoms with Crippen LogP contribution in [0.4, 0.5) is 0 Å². The number of hydrogen-bond donors (Lipinski definition) is 1. The van der Waals surface area contributed by atoms with Gasteiger partial charge in [0.2, 0.25) is 0 Å². The Kier molecular flexibility index (Phi) is 5.92. The van der Waals surface area contributed by atoms with E-state index in [2.05, 4.69) is 21.7 Å². The molecule has 0 aromatic heterocycles. The lowest BCUT2D eigenvalue weighted by molar-refractivity contribution is 0.0323. The standard InChI is InChI=1S/C14H28N4O/c1-13(12-17-7-9-19-10-8-17)11-16-14(15)18-5-3-2-4-6-18/h13H,2-12H2,1H3,(H2,15,16). The summed E-state index contributed by atoms with van der Waals surface area (Å²) in [6, 6.07) is 0. The highest BCUT2D eigenvalue weighted by molar-refractivity contribution is 5.78. The average Bonchev–Trinajstić information content (AvgIpc) is 2.47. The Morgan fingerprint density at radius 3 is 2.53 bits per heavy atom. The number of likely N-dealkylation sites (tertiary alicyclic amines) is 1. The van der Waals surface area contributed by atoms with Gasteiger partial charge in [-0.3, -0.25) is 9.89 Å². The van der Waals surface area contributed by atoms with Gasteiger partial charge >= 0.3 is 0 Å². The normalized spacial score (nSPS) is 24.5. The Hall–Kier alpha value is -0.810. The summed E-state index contributed by atoms with van der Waals surface area (Å²) in [5, 5.41) is 0. The van der Waals surface area contributed by atoms with E-state index in [1.165, 1.54) is 19.3 Å². The molecular formula is C14H28N4O. The third kappa shape index (κ3) is 4.99. The Bertz CT molecular complexity index is 283. The Labute approximate surface area is 116 Å². The minimum Gasteiger partial charge on any atom is -0.379 e. The van der Waals surface area contributed by atoms with Crippen LogP contribution in [0.2, 0.25) is 0 Å². The second kappa shape index (κ2) is 7.70. The lowest BCUT2D eigenvalue weighted by Crippen LogP contribution is -2.42. The highest BCUT2D eigenvalue weighted by atomic mass is 16.5. The first kappa shape index (κ1) is 14.6. The van der Waals surface area contributed by atoms with Crippen molar-refractivity contribution in [2.75, 3.05) is 52.5 Å². The molecule has 110 valence electrons. The number of piperidine rings is 1. The van der Waals surface area contributed by atoms with Crippen molar-refractivity contribution >= 4 is 5.96 Å². The molecule has 1 atom stereocenters. The Morgan fingerprint density at radius 1 is 1.16 bits per heavy atom. The molecule has 2 N–H and O–H groups in total. The number of nitrogens with two attached hydrogens (primary N) is 1. The van der Waals surface area contributed by atoms with Gasteiger partial charge in [-0.2, -0.15) is 0 Å². The van der Waals surface area contributed by atoms with Crippen LogP contribution < -0.4 is 5.73 Å². The van der Waals surface area contributed by atoms with Gasteiger partial charge in [-0.1, -0.05) is 6.92 Å². The van der Waals surface area contributed by atoms with Crippen LogP contribution in [0.1, 0.15) is 26.2 Å². The van der Waals surface area contributed by atoms with Gasteiger partial charge in [0.05, 0.1) is 13.2 Å². The van der Waals surface area contributed by atoms with Crippen molar-refractivity contribution in [3.05, 3.63) is 0 Å². The Balaban J connectivity index is 1.70. The van der Waals surface area contributed by atoms with Crippen LogP contribution in [0.15, 0.2) is 4.99 Å². The third-order valence-corrected chi connectivity index (χ3v) is 3.92. The van der Waals surface area contributed by atoms with Crippen LogP contribution in [0.25, 0.3) is 0 Å². The largest absolute Gasteiger partial charge is 0.379 e. The van der Waals surface area contributed by atoms with Gasteiger partial charge in [0.15, 0.2) is 5.96 Å². The quantitative estimate of drug-likeness (QED) is 0.604. The van der Waals surface area contributed by atoms with E-state index in [1.807, 2.05) is 0 Å². The minimum absolute atomic E-state index is 0.557. The smallest absolute Gasteiger partial charge is 0.191 e. The van der Waals surface area contributed by atoms with Crippen LogP contribution in [-0.2, 0) is 4.74 Å². The molecule has 2 rings (SSSR count). The van der Waals surface area contributed by atoms with Crippen LogP contribution in [0.3, 0.4) is 0 Å². The van der Waals surface area contributed by atoms with Crippen molar-refractivity contribution in [3.63, 3.8) is 0 Å². The van der Waals surface area contributed by atoms with Gasteiger partial charge in [-0.05, 0) is 25.2 Å². The molecule has 2 aliphatic rings. The van der Waals surface area contributed by atoms with Crippen molar-refractivity contribution in [3.8, 4) is 0 Å². The molecule has 0 aliphatic carbocycles. The summed E-state index contributed by atoms with van der Waals surface area (Å²) in [5.74, 6) is 1.30. The predicted octanol–water partition coefficient (Wildman–Crippen LogP) is 0.755. The van der Waals surface area contributed by atoms with Crippen molar-refractivity contribution in [1.29, 1.82) is 0 Å². The maximum atomic E-state index is 6.07. The average molecular weight is 268 g/mol. The molecule has 2 aliphatic heterocycles. The number of aliphatic imine (C=N–C) groups is 1. The van der Waals surface area contributed by atoms with Gasteiger partial charge in [0, 0.05) is 39.3 Å². The van der Waals surface area contributed by atoms with Gasteiger partial charge in [-0.25, -0.2) is 0 Å². The molecule has 0 aromatic carbocycles. The van der Waals surface area contributed by atoms with Crippen molar-refractivity contribution < 1.29 is 4.74 Å². The molecule has 19 heavy (non-hydrogen) atoms. The third-order valence-electron chi connectivity index (χ3n) is 3.92. The van der Waals surface area contributed by atoms with Crippen LogP contribution in [-0.4, -0.2) is 68.2 Å². The van der Waals surface area contributed by atoms with Gasteiger partial charge in [-0.15, -0.1) is 0 Å². The number of guanidine groups is 1. The zero-order chi connectivity index (χ0) is 13.5. The summed E-state index contributed by atoms with van der Waals surface area (Å²) in [6.45, 7) is 10.2. The molecule has 2 fully saturated rings. The number of morpholine rings is 1.